The second-order valence-corrected chi connectivity index (χ2v) is 7.26. The first-order chi connectivity index (χ1) is 9.57. The second-order valence-electron chi connectivity index (χ2n) is 4.08. The lowest BCUT2D eigenvalue weighted by atomic mass is 10.4. The van der Waals surface area contributed by atoms with Gasteiger partial charge >= 0.3 is 0 Å². The number of halogens is 1. The molecule has 0 atom stereocenters. The minimum absolute atomic E-state index is 0.197. The Morgan fingerprint density at radius 2 is 1.95 bits per heavy atom. The molecule has 0 radical (unpaired) electrons. The molecule has 0 fully saturated rings. The maximum absolute atomic E-state index is 12.7. The highest BCUT2D eigenvalue weighted by Crippen LogP contribution is 2.26. The van der Waals surface area contributed by atoms with E-state index < -0.39 is 10.0 Å². The molecule has 5 nitrogen and oxygen atoms in total. The van der Waals surface area contributed by atoms with Gasteiger partial charge in [0.15, 0.2) is 0 Å². The lowest BCUT2D eigenvalue weighted by Gasteiger charge is -2.21. The van der Waals surface area contributed by atoms with Crippen LogP contribution in [0.25, 0.3) is 0 Å². The molecule has 0 aliphatic heterocycles. The van der Waals surface area contributed by atoms with Crippen molar-refractivity contribution < 1.29 is 17.9 Å². The van der Waals surface area contributed by atoms with Crippen LogP contribution in [0.15, 0.2) is 16.3 Å². The molecule has 0 aliphatic carbocycles. The van der Waals surface area contributed by atoms with Crippen molar-refractivity contribution in [1.82, 2.24) is 4.31 Å². The van der Waals surface area contributed by atoms with Crippen molar-refractivity contribution in [2.24, 2.45) is 0 Å². The Hall–Kier alpha value is -0.180. The van der Waals surface area contributed by atoms with Gasteiger partial charge in [0.2, 0.25) is 10.0 Å². The molecule has 1 aromatic heterocycles. The van der Waals surface area contributed by atoms with Crippen molar-refractivity contribution in [3.63, 3.8) is 0 Å². The summed E-state index contributed by atoms with van der Waals surface area (Å²) in [5.41, 5.74) is 0. The highest BCUT2D eigenvalue weighted by atomic mass is 35.5. The standard InChI is InChI=1S/C12H20ClNO4S2/c1-17-7-3-5-14(6-8-18-2)20(15,16)12-4-9-19-11(12)10-13/h4,9H,3,5-8,10H2,1-2H3. The minimum atomic E-state index is -3.53. The first kappa shape index (κ1) is 17.9. The summed E-state index contributed by atoms with van der Waals surface area (Å²) in [5, 5.41) is 1.74. The van der Waals surface area contributed by atoms with Crippen molar-refractivity contribution in [1.29, 1.82) is 0 Å². The van der Waals surface area contributed by atoms with Crippen molar-refractivity contribution in [2.75, 3.05) is 40.5 Å². The smallest absolute Gasteiger partial charge is 0.244 e. The van der Waals surface area contributed by atoms with Crippen LogP contribution < -0.4 is 0 Å². The quantitative estimate of drug-likeness (QED) is 0.483. The molecule has 1 aromatic rings. The zero-order valence-electron chi connectivity index (χ0n) is 11.7. The molecule has 0 saturated carbocycles. The average molecular weight is 342 g/mol. The molecule has 0 unspecified atom stereocenters. The highest BCUT2D eigenvalue weighted by Gasteiger charge is 2.27. The van der Waals surface area contributed by atoms with Crippen LogP contribution in [0.4, 0.5) is 0 Å². The highest BCUT2D eigenvalue weighted by molar-refractivity contribution is 7.89. The Labute approximate surface area is 129 Å². The number of rotatable bonds is 10. The fraction of sp³-hybridized carbons (Fsp3) is 0.667. The molecule has 20 heavy (non-hydrogen) atoms. The Balaban J connectivity index is 2.91. The first-order valence-corrected chi connectivity index (χ1v) is 9.03. The van der Waals surface area contributed by atoms with Gasteiger partial charge < -0.3 is 9.47 Å². The van der Waals surface area contributed by atoms with Crippen molar-refractivity contribution in [3.8, 4) is 0 Å². The topological polar surface area (TPSA) is 55.8 Å². The van der Waals surface area contributed by atoms with Crippen LogP contribution in [0.5, 0.6) is 0 Å². The first-order valence-electron chi connectivity index (χ1n) is 6.18. The predicted octanol–water partition coefficient (Wildman–Crippen LogP) is 2.16. The van der Waals surface area contributed by atoms with E-state index >= 15 is 0 Å². The van der Waals surface area contributed by atoms with Crippen LogP contribution in [0.2, 0.25) is 0 Å². The van der Waals surface area contributed by atoms with Crippen LogP contribution in [-0.2, 0) is 25.4 Å². The van der Waals surface area contributed by atoms with Crippen molar-refractivity contribution in [3.05, 3.63) is 16.3 Å². The van der Waals surface area contributed by atoms with Crippen LogP contribution in [0.3, 0.4) is 0 Å². The lowest BCUT2D eigenvalue weighted by Crippen LogP contribution is -2.35. The van der Waals surface area contributed by atoms with E-state index in [0.29, 0.717) is 42.5 Å². The fourth-order valence-electron chi connectivity index (χ4n) is 1.73. The molecule has 0 spiro atoms. The maximum Gasteiger partial charge on any atom is 0.244 e. The lowest BCUT2D eigenvalue weighted by molar-refractivity contribution is 0.164. The van der Waals surface area contributed by atoms with Crippen molar-refractivity contribution in [2.45, 2.75) is 17.2 Å². The molecule has 0 aromatic carbocycles. The van der Waals surface area contributed by atoms with Crippen LogP contribution in [0, 0.1) is 0 Å². The molecule has 0 bridgehead atoms. The third-order valence-corrected chi connectivity index (χ3v) is 6.20. The molecule has 116 valence electrons. The Morgan fingerprint density at radius 3 is 2.55 bits per heavy atom. The summed E-state index contributed by atoms with van der Waals surface area (Å²) >= 11 is 7.15. The van der Waals surface area contributed by atoms with Gasteiger partial charge in [0, 0.05) is 38.8 Å². The summed E-state index contributed by atoms with van der Waals surface area (Å²) in [5.74, 6) is 0.197. The Kier molecular flexibility index (Phi) is 8.01. The number of thiophene rings is 1. The molecular weight excluding hydrogens is 322 g/mol. The van der Waals surface area contributed by atoms with E-state index in [-0.39, 0.29) is 5.88 Å². The average Bonchev–Trinajstić information content (AvgIpc) is 2.91. The number of ether oxygens (including phenoxy) is 2. The summed E-state index contributed by atoms with van der Waals surface area (Å²) in [6.45, 7) is 1.59. The van der Waals surface area contributed by atoms with Gasteiger partial charge in [-0.3, -0.25) is 0 Å². The summed E-state index contributed by atoms with van der Waals surface area (Å²) in [7, 11) is -0.383. The molecule has 1 rings (SSSR count). The largest absolute Gasteiger partial charge is 0.385 e. The van der Waals surface area contributed by atoms with E-state index in [4.69, 9.17) is 21.1 Å². The number of alkyl halides is 1. The van der Waals surface area contributed by atoms with E-state index in [1.807, 2.05) is 0 Å². The minimum Gasteiger partial charge on any atom is -0.385 e. The van der Waals surface area contributed by atoms with E-state index in [0.717, 1.165) is 0 Å². The normalized spacial score (nSPS) is 12.2. The molecule has 0 aliphatic rings. The van der Waals surface area contributed by atoms with Crippen LogP contribution in [0.1, 0.15) is 11.3 Å². The maximum atomic E-state index is 12.7. The molecular formula is C12H20ClNO4S2. The fourth-order valence-corrected chi connectivity index (χ4v) is 4.86. The van der Waals surface area contributed by atoms with E-state index in [1.54, 1.807) is 25.7 Å². The third kappa shape index (κ3) is 4.68. The van der Waals surface area contributed by atoms with Gasteiger partial charge in [-0.25, -0.2) is 8.42 Å². The number of methoxy groups -OCH3 is 2. The second kappa shape index (κ2) is 8.96. The van der Waals surface area contributed by atoms with Crippen LogP contribution >= 0.6 is 22.9 Å². The Bertz CT molecular complexity index is 489. The number of nitrogens with zero attached hydrogens (tertiary/aromatic N) is 1. The summed E-state index contributed by atoms with van der Waals surface area (Å²) in [6.07, 6.45) is 0.639. The molecule has 0 N–H and O–H groups in total. The molecule has 1 heterocycles. The third-order valence-electron chi connectivity index (χ3n) is 2.74. The molecule has 0 saturated heterocycles. The summed E-state index contributed by atoms with van der Waals surface area (Å²) in [6, 6.07) is 1.60. The predicted molar refractivity (Wildman–Crippen MR) is 81.0 cm³/mol. The molecule has 8 heteroatoms. The van der Waals surface area contributed by atoms with Gasteiger partial charge in [-0.15, -0.1) is 22.9 Å². The van der Waals surface area contributed by atoms with E-state index in [1.165, 1.54) is 15.6 Å². The summed E-state index contributed by atoms with van der Waals surface area (Å²) in [4.78, 5) is 0.965. The van der Waals surface area contributed by atoms with Gasteiger partial charge in [0.25, 0.3) is 0 Å². The van der Waals surface area contributed by atoms with E-state index in [2.05, 4.69) is 0 Å². The number of hydrogen-bond acceptors (Lipinski definition) is 5. The van der Waals surface area contributed by atoms with Crippen LogP contribution in [-0.4, -0.2) is 53.2 Å². The number of sulfonamides is 1. The van der Waals surface area contributed by atoms with Gasteiger partial charge in [0.1, 0.15) is 0 Å². The van der Waals surface area contributed by atoms with Crippen molar-refractivity contribution >= 4 is 33.0 Å². The van der Waals surface area contributed by atoms with E-state index in [9.17, 15) is 8.42 Å². The monoisotopic (exact) mass is 341 g/mol. The van der Waals surface area contributed by atoms with Gasteiger partial charge in [-0.2, -0.15) is 4.31 Å². The number of hydrogen-bond donors (Lipinski definition) is 0. The van der Waals surface area contributed by atoms with Gasteiger partial charge in [0.05, 0.1) is 17.4 Å². The van der Waals surface area contributed by atoms with Gasteiger partial charge in [-0.1, -0.05) is 0 Å². The SMILES string of the molecule is COCCCN(CCOC)S(=O)(=O)c1ccsc1CCl. The molecule has 0 amide bonds. The summed E-state index contributed by atoms with van der Waals surface area (Å²) < 4.78 is 36.7. The zero-order valence-corrected chi connectivity index (χ0v) is 14.1. The Morgan fingerprint density at radius 1 is 1.25 bits per heavy atom. The van der Waals surface area contributed by atoms with Gasteiger partial charge in [-0.05, 0) is 17.9 Å². The zero-order chi connectivity index (χ0) is 15.0.